The average Bonchev–Trinajstić information content (AvgIpc) is 2.73. The van der Waals surface area contributed by atoms with Crippen molar-refractivity contribution in [3.63, 3.8) is 0 Å². The van der Waals surface area contributed by atoms with Crippen LogP contribution in [0.3, 0.4) is 0 Å². The zero-order valence-corrected chi connectivity index (χ0v) is 11.6. The van der Waals surface area contributed by atoms with E-state index in [1.807, 2.05) is 19.2 Å². The normalized spacial score (nSPS) is 12.6. The van der Waals surface area contributed by atoms with Gasteiger partial charge in [0.25, 0.3) is 0 Å². The van der Waals surface area contributed by atoms with Crippen LogP contribution in [-0.4, -0.2) is 26.8 Å². The highest BCUT2D eigenvalue weighted by Crippen LogP contribution is 2.32. The van der Waals surface area contributed by atoms with Gasteiger partial charge in [-0.2, -0.15) is 0 Å². The molecule has 1 aromatic heterocycles. The zero-order valence-electron chi connectivity index (χ0n) is 9.25. The van der Waals surface area contributed by atoms with Crippen molar-refractivity contribution in [3.05, 3.63) is 34.3 Å². The molecule has 1 heterocycles. The Balaban J connectivity index is 2.17. The third-order valence-electron chi connectivity index (χ3n) is 2.28. The molecule has 0 saturated carbocycles. The van der Waals surface area contributed by atoms with E-state index in [4.69, 9.17) is 5.73 Å². The van der Waals surface area contributed by atoms with Gasteiger partial charge in [-0.15, -0.1) is 5.10 Å². The van der Waals surface area contributed by atoms with E-state index >= 15 is 0 Å². The van der Waals surface area contributed by atoms with Crippen molar-refractivity contribution in [1.82, 2.24) is 20.2 Å². The average molecular weight is 314 g/mol. The lowest BCUT2D eigenvalue weighted by Gasteiger charge is -2.13. The second-order valence-corrected chi connectivity index (χ2v) is 5.56. The van der Waals surface area contributed by atoms with Gasteiger partial charge in [0.2, 0.25) is 5.16 Å². The number of nitrogens with two attached hydrogens (primary N) is 1. The van der Waals surface area contributed by atoms with Crippen LogP contribution in [0.2, 0.25) is 0 Å². The fourth-order valence-electron chi connectivity index (χ4n) is 1.38. The Morgan fingerprint density at radius 2 is 2.12 bits per heavy atom. The standard InChI is InChI=1S/C10H12BrN5S/c1-16-10(13-14-15-16)17-9(6-12)7-2-4-8(11)5-3-7/h2-5,9H,6,12H2,1H3. The molecule has 0 bridgehead atoms. The molecule has 0 fully saturated rings. The van der Waals surface area contributed by atoms with Gasteiger partial charge in [-0.1, -0.05) is 39.8 Å². The zero-order chi connectivity index (χ0) is 12.3. The molecular formula is C10H12BrN5S. The van der Waals surface area contributed by atoms with Gasteiger partial charge in [0.1, 0.15) is 0 Å². The van der Waals surface area contributed by atoms with E-state index in [0.717, 1.165) is 9.63 Å². The Kier molecular flexibility index (Phi) is 4.14. The summed E-state index contributed by atoms with van der Waals surface area (Å²) in [5.74, 6) is 0. The topological polar surface area (TPSA) is 69.6 Å². The molecule has 0 radical (unpaired) electrons. The highest BCUT2D eigenvalue weighted by Gasteiger charge is 2.14. The van der Waals surface area contributed by atoms with Crippen molar-refractivity contribution in [2.45, 2.75) is 10.4 Å². The second-order valence-electron chi connectivity index (χ2n) is 3.48. The van der Waals surface area contributed by atoms with E-state index in [0.29, 0.717) is 6.54 Å². The van der Waals surface area contributed by atoms with Crippen LogP contribution >= 0.6 is 27.7 Å². The number of aromatic nitrogens is 4. The molecule has 1 atom stereocenters. The van der Waals surface area contributed by atoms with Crippen LogP contribution in [0.1, 0.15) is 10.8 Å². The molecule has 0 aliphatic carbocycles. The highest BCUT2D eigenvalue weighted by atomic mass is 79.9. The number of halogens is 1. The van der Waals surface area contributed by atoms with Crippen LogP contribution in [0.4, 0.5) is 0 Å². The summed E-state index contributed by atoms with van der Waals surface area (Å²) in [5, 5.41) is 12.3. The molecule has 0 aliphatic rings. The number of thioether (sulfide) groups is 1. The molecule has 7 heteroatoms. The van der Waals surface area contributed by atoms with Crippen LogP contribution < -0.4 is 5.73 Å². The van der Waals surface area contributed by atoms with Crippen molar-refractivity contribution in [2.75, 3.05) is 6.54 Å². The quantitative estimate of drug-likeness (QED) is 0.871. The van der Waals surface area contributed by atoms with Crippen LogP contribution in [-0.2, 0) is 7.05 Å². The van der Waals surface area contributed by atoms with Crippen LogP contribution in [0, 0.1) is 0 Å². The lowest BCUT2D eigenvalue weighted by Crippen LogP contribution is -2.10. The first-order valence-corrected chi connectivity index (χ1v) is 6.72. The summed E-state index contributed by atoms with van der Waals surface area (Å²) >= 11 is 4.98. The number of tetrazole rings is 1. The monoisotopic (exact) mass is 313 g/mol. The summed E-state index contributed by atoms with van der Waals surface area (Å²) in [6, 6.07) is 8.12. The number of hydrogen-bond acceptors (Lipinski definition) is 5. The van der Waals surface area contributed by atoms with Crippen molar-refractivity contribution in [3.8, 4) is 0 Å². The maximum absolute atomic E-state index is 5.80. The summed E-state index contributed by atoms with van der Waals surface area (Å²) < 4.78 is 2.70. The highest BCUT2D eigenvalue weighted by molar-refractivity contribution is 9.10. The second kappa shape index (κ2) is 5.61. The fourth-order valence-corrected chi connectivity index (χ4v) is 2.56. The summed E-state index contributed by atoms with van der Waals surface area (Å²) in [4.78, 5) is 0. The number of hydrogen-bond donors (Lipinski definition) is 1. The third kappa shape index (κ3) is 3.05. The smallest absolute Gasteiger partial charge is 0.209 e. The van der Waals surface area contributed by atoms with Crippen LogP contribution in [0.5, 0.6) is 0 Å². The Bertz CT molecular complexity index is 484. The predicted molar refractivity (Wildman–Crippen MR) is 70.6 cm³/mol. The molecule has 0 saturated heterocycles. The first kappa shape index (κ1) is 12.5. The molecule has 1 aromatic carbocycles. The Hall–Kier alpha value is -0.920. The first-order chi connectivity index (χ1) is 8.20. The van der Waals surface area contributed by atoms with Gasteiger partial charge >= 0.3 is 0 Å². The van der Waals surface area contributed by atoms with Gasteiger partial charge in [0.05, 0.1) is 0 Å². The SMILES string of the molecule is Cn1nnnc1SC(CN)c1ccc(Br)cc1. The number of nitrogens with zero attached hydrogens (tertiary/aromatic N) is 4. The Morgan fingerprint density at radius 3 is 2.65 bits per heavy atom. The van der Waals surface area contributed by atoms with E-state index in [1.165, 1.54) is 5.56 Å². The van der Waals surface area contributed by atoms with Crippen molar-refractivity contribution in [2.24, 2.45) is 12.8 Å². The molecule has 90 valence electrons. The first-order valence-electron chi connectivity index (χ1n) is 5.05. The maximum Gasteiger partial charge on any atom is 0.209 e. The summed E-state index contributed by atoms with van der Waals surface area (Å²) in [6.07, 6.45) is 0. The fraction of sp³-hybridized carbons (Fsp3) is 0.300. The molecule has 5 nitrogen and oxygen atoms in total. The van der Waals surface area contributed by atoms with E-state index < -0.39 is 0 Å². The van der Waals surface area contributed by atoms with E-state index in [-0.39, 0.29) is 5.25 Å². The maximum atomic E-state index is 5.80. The number of aryl methyl sites for hydroxylation is 1. The molecule has 17 heavy (non-hydrogen) atoms. The van der Waals surface area contributed by atoms with Crippen LogP contribution in [0.15, 0.2) is 33.9 Å². The number of benzene rings is 1. The van der Waals surface area contributed by atoms with Crippen molar-refractivity contribution in [1.29, 1.82) is 0 Å². The minimum Gasteiger partial charge on any atom is -0.329 e. The predicted octanol–water partition coefficient (Wildman–Crippen LogP) is 1.76. The van der Waals surface area contributed by atoms with Gasteiger partial charge in [0, 0.05) is 23.3 Å². The van der Waals surface area contributed by atoms with Gasteiger partial charge in [0.15, 0.2) is 0 Å². The van der Waals surface area contributed by atoms with E-state index in [2.05, 4.69) is 43.6 Å². The molecular weight excluding hydrogens is 302 g/mol. The van der Waals surface area contributed by atoms with Crippen molar-refractivity contribution >= 4 is 27.7 Å². The molecule has 2 rings (SSSR count). The molecule has 0 aliphatic heterocycles. The van der Waals surface area contributed by atoms with Crippen LogP contribution in [0.25, 0.3) is 0 Å². The third-order valence-corrected chi connectivity index (χ3v) is 4.12. The van der Waals surface area contributed by atoms with Gasteiger partial charge < -0.3 is 5.73 Å². The summed E-state index contributed by atoms with van der Waals surface area (Å²) in [6.45, 7) is 0.541. The molecule has 2 N–H and O–H groups in total. The largest absolute Gasteiger partial charge is 0.329 e. The Labute approximate surface area is 112 Å². The van der Waals surface area contributed by atoms with Gasteiger partial charge in [-0.05, 0) is 28.1 Å². The molecule has 1 unspecified atom stereocenters. The number of rotatable bonds is 4. The van der Waals surface area contributed by atoms with Gasteiger partial charge in [-0.25, -0.2) is 4.68 Å². The molecule has 2 aromatic rings. The van der Waals surface area contributed by atoms with E-state index in [9.17, 15) is 0 Å². The Morgan fingerprint density at radius 1 is 1.41 bits per heavy atom. The minimum absolute atomic E-state index is 0.160. The van der Waals surface area contributed by atoms with E-state index in [1.54, 1.807) is 16.4 Å². The van der Waals surface area contributed by atoms with Crippen molar-refractivity contribution < 1.29 is 0 Å². The molecule has 0 amide bonds. The minimum atomic E-state index is 0.160. The summed E-state index contributed by atoms with van der Waals surface area (Å²) in [7, 11) is 1.82. The summed E-state index contributed by atoms with van der Waals surface area (Å²) in [5.41, 5.74) is 6.97. The lowest BCUT2D eigenvalue weighted by atomic mass is 10.1. The lowest BCUT2D eigenvalue weighted by molar-refractivity contribution is 0.663. The molecule has 0 spiro atoms. The van der Waals surface area contributed by atoms with Gasteiger partial charge in [-0.3, -0.25) is 0 Å².